The molecule has 0 aliphatic rings. The minimum atomic E-state index is -0.228. The van der Waals surface area contributed by atoms with Crippen molar-refractivity contribution in [3.8, 4) is 0 Å². The highest BCUT2D eigenvalue weighted by atomic mass is 35.5. The van der Waals surface area contributed by atoms with Gasteiger partial charge in [0, 0.05) is 5.02 Å². The second-order valence-corrected chi connectivity index (χ2v) is 4.02. The second-order valence-electron chi connectivity index (χ2n) is 3.58. The Kier molecular flexibility index (Phi) is 3.11. The lowest BCUT2D eigenvalue weighted by atomic mass is 10.1. The summed E-state index contributed by atoms with van der Waals surface area (Å²) in [6.45, 7) is 0. The fourth-order valence-corrected chi connectivity index (χ4v) is 1.80. The number of hydrogen-bond donors (Lipinski definition) is 0. The molecule has 0 aromatic heterocycles. The van der Waals surface area contributed by atoms with E-state index in [0.29, 0.717) is 11.4 Å². The topological polar surface area (TPSA) is 26.3 Å². The summed E-state index contributed by atoms with van der Waals surface area (Å²) in [7, 11) is 1.39. The van der Waals surface area contributed by atoms with Crippen molar-refractivity contribution in [2.24, 2.45) is 0 Å². The van der Waals surface area contributed by atoms with Gasteiger partial charge in [0.25, 0.3) is 0 Å². The van der Waals surface area contributed by atoms with Gasteiger partial charge >= 0.3 is 5.97 Å². The number of benzene rings is 2. The van der Waals surface area contributed by atoms with E-state index in [1.807, 2.05) is 36.4 Å². The summed E-state index contributed by atoms with van der Waals surface area (Å²) in [5, 5.41) is 2.86. The normalized spacial score (nSPS) is 10.4. The first-order valence-electron chi connectivity index (χ1n) is 4.94. The van der Waals surface area contributed by atoms with Crippen LogP contribution in [0.25, 0.3) is 10.8 Å². The van der Waals surface area contributed by atoms with Gasteiger partial charge in [-0.15, -0.1) is 0 Å². The molecule has 0 spiro atoms. The van der Waals surface area contributed by atoms with Gasteiger partial charge in [-0.25, -0.2) is 0 Å². The Hall–Kier alpha value is -1.54. The van der Waals surface area contributed by atoms with E-state index in [2.05, 4.69) is 4.74 Å². The highest BCUT2D eigenvalue weighted by Crippen LogP contribution is 2.20. The number of methoxy groups -OCH3 is 1. The minimum Gasteiger partial charge on any atom is -0.469 e. The Morgan fingerprint density at radius 1 is 1.19 bits per heavy atom. The van der Waals surface area contributed by atoms with Gasteiger partial charge in [0.2, 0.25) is 0 Å². The molecule has 0 aliphatic carbocycles. The van der Waals surface area contributed by atoms with Gasteiger partial charge in [0.15, 0.2) is 0 Å². The summed E-state index contributed by atoms with van der Waals surface area (Å²) in [6, 6.07) is 11.5. The lowest BCUT2D eigenvalue weighted by Gasteiger charge is -2.03. The summed E-state index contributed by atoms with van der Waals surface area (Å²) in [4.78, 5) is 11.1. The van der Waals surface area contributed by atoms with Crippen LogP contribution in [0, 0.1) is 0 Å². The summed E-state index contributed by atoms with van der Waals surface area (Å²) < 4.78 is 4.63. The molecular formula is C13H11ClO2. The van der Waals surface area contributed by atoms with E-state index in [1.54, 1.807) is 0 Å². The predicted molar refractivity (Wildman–Crippen MR) is 64.7 cm³/mol. The Bertz CT molecular complexity index is 534. The van der Waals surface area contributed by atoms with E-state index < -0.39 is 0 Å². The highest BCUT2D eigenvalue weighted by molar-refractivity contribution is 6.31. The minimum absolute atomic E-state index is 0.228. The fraction of sp³-hybridized carbons (Fsp3) is 0.154. The van der Waals surface area contributed by atoms with Crippen LogP contribution in [-0.2, 0) is 16.0 Å². The van der Waals surface area contributed by atoms with E-state index in [-0.39, 0.29) is 5.97 Å². The van der Waals surface area contributed by atoms with Crippen LogP contribution >= 0.6 is 11.6 Å². The van der Waals surface area contributed by atoms with Crippen molar-refractivity contribution < 1.29 is 9.53 Å². The van der Waals surface area contributed by atoms with Gasteiger partial charge in [0.1, 0.15) is 0 Å². The van der Waals surface area contributed by atoms with Gasteiger partial charge in [-0.2, -0.15) is 0 Å². The monoisotopic (exact) mass is 234 g/mol. The summed E-state index contributed by atoms with van der Waals surface area (Å²) in [6.07, 6.45) is 0.301. The van der Waals surface area contributed by atoms with E-state index in [1.165, 1.54) is 7.11 Å². The summed E-state index contributed by atoms with van der Waals surface area (Å²) in [5.74, 6) is -0.228. The van der Waals surface area contributed by atoms with Crippen LogP contribution in [0.5, 0.6) is 0 Å². The fourth-order valence-electron chi connectivity index (χ4n) is 1.61. The van der Waals surface area contributed by atoms with Gasteiger partial charge in [0.05, 0.1) is 13.5 Å². The molecule has 0 amide bonds. The van der Waals surface area contributed by atoms with Crippen LogP contribution < -0.4 is 0 Å². The quantitative estimate of drug-likeness (QED) is 0.746. The third-order valence-electron chi connectivity index (χ3n) is 2.44. The summed E-state index contributed by atoms with van der Waals surface area (Å²) >= 11 is 5.89. The third-order valence-corrected chi connectivity index (χ3v) is 2.68. The van der Waals surface area contributed by atoms with E-state index >= 15 is 0 Å². The van der Waals surface area contributed by atoms with Crippen molar-refractivity contribution in [3.05, 3.63) is 47.0 Å². The molecule has 0 saturated heterocycles. The maximum atomic E-state index is 11.1. The van der Waals surface area contributed by atoms with Gasteiger partial charge < -0.3 is 4.74 Å². The van der Waals surface area contributed by atoms with Gasteiger partial charge in [-0.05, 0) is 28.5 Å². The van der Waals surface area contributed by atoms with Crippen LogP contribution in [0.2, 0.25) is 5.02 Å². The maximum absolute atomic E-state index is 11.1. The molecule has 0 aliphatic heterocycles. The van der Waals surface area contributed by atoms with Crippen LogP contribution in [0.3, 0.4) is 0 Å². The second kappa shape index (κ2) is 4.54. The molecule has 0 N–H and O–H groups in total. The molecule has 16 heavy (non-hydrogen) atoms. The van der Waals surface area contributed by atoms with Gasteiger partial charge in [-0.3, -0.25) is 4.79 Å². The molecule has 2 rings (SSSR count). The zero-order valence-corrected chi connectivity index (χ0v) is 9.62. The molecule has 0 saturated carbocycles. The first kappa shape index (κ1) is 11.0. The first-order valence-corrected chi connectivity index (χ1v) is 5.32. The Morgan fingerprint density at radius 3 is 2.62 bits per heavy atom. The van der Waals surface area contributed by atoms with Crippen LogP contribution in [0.15, 0.2) is 36.4 Å². The van der Waals surface area contributed by atoms with Crippen molar-refractivity contribution in [3.63, 3.8) is 0 Å². The summed E-state index contributed by atoms with van der Waals surface area (Å²) in [5.41, 5.74) is 0.946. The van der Waals surface area contributed by atoms with Crippen LogP contribution in [-0.4, -0.2) is 13.1 Å². The molecule has 0 bridgehead atoms. The molecule has 2 aromatic carbocycles. The zero-order chi connectivity index (χ0) is 11.5. The Labute approximate surface area is 98.8 Å². The molecule has 0 atom stereocenters. The third kappa shape index (κ3) is 2.34. The molecule has 3 heteroatoms. The number of esters is 1. The molecule has 82 valence electrons. The number of halogens is 1. The van der Waals surface area contributed by atoms with Crippen molar-refractivity contribution in [1.29, 1.82) is 0 Å². The standard InChI is InChI=1S/C13H11ClO2/c1-16-13(15)7-9-2-3-11-8-12(14)5-4-10(11)6-9/h2-6,8H,7H2,1H3. The van der Waals surface area contributed by atoms with Crippen molar-refractivity contribution in [2.75, 3.05) is 7.11 Å². The Morgan fingerprint density at radius 2 is 1.88 bits per heavy atom. The zero-order valence-electron chi connectivity index (χ0n) is 8.87. The molecule has 2 nitrogen and oxygen atoms in total. The maximum Gasteiger partial charge on any atom is 0.309 e. The number of ether oxygens (including phenoxy) is 1. The van der Waals surface area contributed by atoms with E-state index in [4.69, 9.17) is 11.6 Å². The molecule has 0 unspecified atom stereocenters. The number of hydrogen-bond acceptors (Lipinski definition) is 2. The van der Waals surface area contributed by atoms with Crippen molar-refractivity contribution >= 4 is 28.3 Å². The van der Waals surface area contributed by atoms with E-state index in [9.17, 15) is 4.79 Å². The number of fused-ring (bicyclic) bond motifs is 1. The van der Waals surface area contributed by atoms with E-state index in [0.717, 1.165) is 16.3 Å². The van der Waals surface area contributed by atoms with Crippen molar-refractivity contribution in [2.45, 2.75) is 6.42 Å². The molecule has 2 aromatic rings. The molecule has 0 heterocycles. The Balaban J connectivity index is 2.37. The average molecular weight is 235 g/mol. The molecule has 0 fully saturated rings. The van der Waals surface area contributed by atoms with Gasteiger partial charge in [-0.1, -0.05) is 35.9 Å². The van der Waals surface area contributed by atoms with Crippen LogP contribution in [0.1, 0.15) is 5.56 Å². The average Bonchev–Trinajstić information content (AvgIpc) is 2.29. The first-order chi connectivity index (χ1) is 7.69. The largest absolute Gasteiger partial charge is 0.469 e. The van der Waals surface area contributed by atoms with Crippen molar-refractivity contribution in [1.82, 2.24) is 0 Å². The number of carbonyl (C=O) groups excluding carboxylic acids is 1. The SMILES string of the molecule is COC(=O)Cc1ccc2cc(Cl)ccc2c1. The highest BCUT2D eigenvalue weighted by Gasteiger charge is 2.03. The molecule has 0 radical (unpaired) electrons. The lowest BCUT2D eigenvalue weighted by Crippen LogP contribution is -2.04. The smallest absolute Gasteiger partial charge is 0.309 e. The lowest BCUT2D eigenvalue weighted by molar-refractivity contribution is -0.139. The number of carbonyl (C=O) groups is 1. The van der Waals surface area contributed by atoms with Crippen LogP contribution in [0.4, 0.5) is 0 Å². The predicted octanol–water partition coefficient (Wildman–Crippen LogP) is 3.21. The number of rotatable bonds is 2. The molecular weight excluding hydrogens is 224 g/mol.